The maximum Gasteiger partial charge on any atom is 0.177 e. The highest BCUT2D eigenvalue weighted by Gasteiger charge is 2.44. The van der Waals surface area contributed by atoms with Crippen LogP contribution in [0.3, 0.4) is 0 Å². The molecule has 0 N–H and O–H groups in total. The van der Waals surface area contributed by atoms with Gasteiger partial charge in [0.05, 0.1) is 25.6 Å². The van der Waals surface area contributed by atoms with E-state index in [0.29, 0.717) is 6.61 Å². The van der Waals surface area contributed by atoms with Crippen LogP contribution in [0.1, 0.15) is 46.7 Å². The number of rotatable bonds is 7. The van der Waals surface area contributed by atoms with E-state index in [4.69, 9.17) is 29.3 Å². The summed E-state index contributed by atoms with van der Waals surface area (Å²) < 4.78 is 19.4. The van der Waals surface area contributed by atoms with Gasteiger partial charge in [0.25, 0.3) is 0 Å². The highest BCUT2D eigenvalue weighted by Crippen LogP contribution is 2.53. The van der Waals surface area contributed by atoms with Gasteiger partial charge in [0.15, 0.2) is 11.5 Å². The summed E-state index contributed by atoms with van der Waals surface area (Å²) in [6.07, 6.45) is 2.78. The molecule has 9 heteroatoms. The number of methoxy groups -OCH3 is 2. The number of hydrogen-bond donors (Lipinski definition) is 0. The molecule has 0 bridgehead atoms. The lowest BCUT2D eigenvalue weighted by molar-refractivity contribution is 0.303. The zero-order valence-electron chi connectivity index (χ0n) is 18.9. The van der Waals surface area contributed by atoms with Crippen molar-refractivity contribution in [1.29, 1.82) is 0 Å². The van der Waals surface area contributed by atoms with Crippen LogP contribution in [-0.4, -0.2) is 38.8 Å². The summed E-state index contributed by atoms with van der Waals surface area (Å²) in [5, 5.41) is 4.74. The van der Waals surface area contributed by atoms with Crippen molar-refractivity contribution in [2.45, 2.75) is 38.7 Å². The Kier molecular flexibility index (Phi) is 5.65. The summed E-state index contributed by atoms with van der Waals surface area (Å²) in [5.41, 5.74) is 4.59. The predicted molar refractivity (Wildman–Crippen MR) is 126 cm³/mol. The maximum atomic E-state index is 6.09. The van der Waals surface area contributed by atoms with Gasteiger partial charge in [-0.2, -0.15) is 5.10 Å². The van der Waals surface area contributed by atoms with Gasteiger partial charge in [0, 0.05) is 41.9 Å². The fourth-order valence-electron chi connectivity index (χ4n) is 3.96. The van der Waals surface area contributed by atoms with Crippen LogP contribution in [0.5, 0.6) is 17.2 Å². The standard InChI is InChI=1S/C24H24BrN5O3/c1-13-11-26-14(2)24-28-23(29-30(13)24)20-10-19(20)21-8-18(9-22(25)27-21)33-12-15-5-16(31-3)7-17(6-15)32-4/h5-9,11,19-20H,10,12H2,1-4H3. The van der Waals surface area contributed by atoms with Crippen LogP contribution in [0.4, 0.5) is 0 Å². The van der Waals surface area contributed by atoms with Crippen molar-refractivity contribution in [3.8, 4) is 17.2 Å². The average molecular weight is 510 g/mol. The van der Waals surface area contributed by atoms with Crippen molar-refractivity contribution in [2.24, 2.45) is 0 Å². The molecule has 170 valence electrons. The van der Waals surface area contributed by atoms with Gasteiger partial charge in [-0.1, -0.05) is 0 Å². The number of aromatic nitrogens is 5. The van der Waals surface area contributed by atoms with E-state index in [1.54, 1.807) is 14.2 Å². The lowest BCUT2D eigenvalue weighted by atomic mass is 10.2. The average Bonchev–Trinajstić information content (AvgIpc) is 3.49. The quantitative estimate of drug-likeness (QED) is 0.332. The first-order chi connectivity index (χ1) is 15.9. The lowest BCUT2D eigenvalue weighted by Gasteiger charge is -2.11. The molecule has 0 amide bonds. The second kappa shape index (κ2) is 8.62. The van der Waals surface area contributed by atoms with Crippen molar-refractivity contribution in [2.75, 3.05) is 14.2 Å². The van der Waals surface area contributed by atoms with Gasteiger partial charge in [-0.05, 0) is 53.9 Å². The van der Waals surface area contributed by atoms with Gasteiger partial charge >= 0.3 is 0 Å². The molecule has 2 atom stereocenters. The first-order valence-corrected chi connectivity index (χ1v) is 11.5. The molecule has 0 saturated heterocycles. The van der Waals surface area contributed by atoms with E-state index < -0.39 is 0 Å². The van der Waals surface area contributed by atoms with Gasteiger partial charge in [-0.15, -0.1) is 0 Å². The fourth-order valence-corrected chi connectivity index (χ4v) is 4.39. The predicted octanol–water partition coefficient (Wildman–Crippen LogP) is 4.77. The summed E-state index contributed by atoms with van der Waals surface area (Å²) in [4.78, 5) is 13.8. The molecule has 0 radical (unpaired) electrons. The number of ether oxygens (including phenoxy) is 3. The third-order valence-corrected chi connectivity index (χ3v) is 6.24. The Morgan fingerprint density at radius 3 is 2.42 bits per heavy atom. The number of halogens is 1. The molecule has 5 rings (SSSR count). The van der Waals surface area contributed by atoms with E-state index in [1.807, 2.05) is 54.9 Å². The minimum absolute atomic E-state index is 0.237. The van der Waals surface area contributed by atoms with Gasteiger partial charge in [0.2, 0.25) is 0 Å². The molecule has 1 aliphatic carbocycles. The third-order valence-electron chi connectivity index (χ3n) is 5.83. The molecule has 1 aromatic carbocycles. The monoisotopic (exact) mass is 509 g/mol. The topological polar surface area (TPSA) is 83.7 Å². The van der Waals surface area contributed by atoms with Gasteiger partial charge in [-0.25, -0.2) is 14.5 Å². The molecule has 1 fully saturated rings. The number of benzene rings is 1. The second-order valence-electron chi connectivity index (χ2n) is 8.20. The molecular weight excluding hydrogens is 486 g/mol. The highest BCUT2D eigenvalue weighted by molar-refractivity contribution is 9.10. The van der Waals surface area contributed by atoms with Crippen molar-refractivity contribution in [1.82, 2.24) is 24.6 Å². The molecule has 3 aromatic heterocycles. The second-order valence-corrected chi connectivity index (χ2v) is 9.01. The van der Waals surface area contributed by atoms with Crippen LogP contribution < -0.4 is 14.2 Å². The molecule has 0 spiro atoms. The third kappa shape index (κ3) is 4.37. The van der Waals surface area contributed by atoms with Crippen molar-refractivity contribution in [3.05, 3.63) is 69.6 Å². The van der Waals surface area contributed by atoms with Crippen LogP contribution in [0.25, 0.3) is 5.65 Å². The molecule has 4 aromatic rings. The van der Waals surface area contributed by atoms with Crippen LogP contribution in [0.2, 0.25) is 0 Å². The lowest BCUT2D eigenvalue weighted by Crippen LogP contribution is -1.99. The van der Waals surface area contributed by atoms with E-state index >= 15 is 0 Å². The van der Waals surface area contributed by atoms with Gasteiger partial charge < -0.3 is 14.2 Å². The van der Waals surface area contributed by atoms with Crippen LogP contribution in [0, 0.1) is 13.8 Å². The van der Waals surface area contributed by atoms with Crippen LogP contribution >= 0.6 is 15.9 Å². The van der Waals surface area contributed by atoms with E-state index in [0.717, 1.165) is 62.4 Å². The van der Waals surface area contributed by atoms with Crippen LogP contribution in [-0.2, 0) is 6.61 Å². The largest absolute Gasteiger partial charge is 0.497 e. The van der Waals surface area contributed by atoms with Gasteiger partial charge in [0.1, 0.15) is 28.5 Å². The number of hydrogen-bond acceptors (Lipinski definition) is 7. The molecule has 1 saturated carbocycles. The van der Waals surface area contributed by atoms with Crippen molar-refractivity contribution < 1.29 is 14.2 Å². The first-order valence-electron chi connectivity index (χ1n) is 10.7. The minimum Gasteiger partial charge on any atom is -0.497 e. The summed E-state index contributed by atoms with van der Waals surface area (Å²) in [6, 6.07) is 9.58. The van der Waals surface area contributed by atoms with E-state index in [1.165, 1.54) is 0 Å². The number of pyridine rings is 1. The Hall–Kier alpha value is -3.20. The SMILES string of the molecule is COc1cc(COc2cc(Br)nc(C3CC3c3nc4c(C)ncc(C)n4n3)c2)cc(OC)c1. The normalized spacial score (nSPS) is 17.2. The summed E-state index contributed by atoms with van der Waals surface area (Å²) in [7, 11) is 3.27. The van der Waals surface area contributed by atoms with E-state index in [2.05, 4.69) is 20.9 Å². The molecule has 33 heavy (non-hydrogen) atoms. The van der Waals surface area contributed by atoms with E-state index in [9.17, 15) is 0 Å². The Balaban J connectivity index is 1.34. The number of aryl methyl sites for hydroxylation is 2. The highest BCUT2D eigenvalue weighted by atomic mass is 79.9. The van der Waals surface area contributed by atoms with Crippen molar-refractivity contribution in [3.63, 3.8) is 0 Å². The molecule has 2 unspecified atom stereocenters. The Morgan fingerprint density at radius 2 is 1.73 bits per heavy atom. The smallest absolute Gasteiger partial charge is 0.177 e. The number of nitrogens with zero attached hydrogens (tertiary/aromatic N) is 5. The molecule has 3 heterocycles. The Bertz CT molecular complexity index is 1280. The van der Waals surface area contributed by atoms with Crippen molar-refractivity contribution >= 4 is 21.6 Å². The molecule has 8 nitrogen and oxygen atoms in total. The van der Waals surface area contributed by atoms with Crippen LogP contribution in [0.15, 0.2) is 41.1 Å². The maximum absolute atomic E-state index is 6.09. The Morgan fingerprint density at radius 1 is 0.970 bits per heavy atom. The zero-order valence-corrected chi connectivity index (χ0v) is 20.5. The molecule has 0 aliphatic heterocycles. The number of fused-ring (bicyclic) bond motifs is 1. The summed E-state index contributed by atoms with van der Waals surface area (Å²) in [5.74, 6) is 3.54. The van der Waals surface area contributed by atoms with Gasteiger partial charge in [-0.3, -0.25) is 4.98 Å². The first kappa shape index (κ1) is 21.6. The fraction of sp³-hybridized carbons (Fsp3) is 0.333. The summed E-state index contributed by atoms with van der Waals surface area (Å²) >= 11 is 3.53. The molecule has 1 aliphatic rings. The minimum atomic E-state index is 0.237. The molecular formula is C24H24BrN5O3. The Labute approximate surface area is 200 Å². The summed E-state index contributed by atoms with van der Waals surface area (Å²) in [6.45, 7) is 4.33. The zero-order chi connectivity index (χ0) is 23.1. The van der Waals surface area contributed by atoms with E-state index in [-0.39, 0.29) is 11.8 Å².